The van der Waals surface area contributed by atoms with Crippen molar-refractivity contribution in [2.24, 2.45) is 0 Å². The van der Waals surface area contributed by atoms with Crippen LogP contribution in [0.3, 0.4) is 0 Å². The number of rotatable bonds is 2. The number of hydrogen-bond donors (Lipinski definition) is 1. The van der Waals surface area contributed by atoms with Crippen LogP contribution in [-0.2, 0) is 0 Å². The van der Waals surface area contributed by atoms with E-state index in [-0.39, 0.29) is 5.91 Å². The van der Waals surface area contributed by atoms with Crippen molar-refractivity contribution in [3.05, 3.63) is 65.2 Å². The molecule has 0 bridgehead atoms. The molecule has 2 N–H and O–H groups in total. The zero-order chi connectivity index (χ0) is 15.1. The number of fused-ring (bicyclic) bond motifs is 1. The molecule has 0 saturated heterocycles. The summed E-state index contributed by atoms with van der Waals surface area (Å²) in [6.45, 7) is 5.92. The number of hydrogen-bond acceptors (Lipinski definition) is 3. The Kier molecular flexibility index (Phi) is 2.87. The van der Waals surface area contributed by atoms with Gasteiger partial charge in [-0.3, -0.25) is 14.5 Å². The van der Waals surface area contributed by atoms with Crippen LogP contribution in [-0.4, -0.2) is 12.2 Å². The predicted octanol–water partition coefficient (Wildman–Crippen LogP) is 3.02. The topological polar surface area (TPSA) is 63.4 Å². The molecule has 0 fully saturated rings. The van der Waals surface area contributed by atoms with Crippen molar-refractivity contribution >= 4 is 29.3 Å². The smallest absolute Gasteiger partial charge is 0.263 e. The third-order valence-electron chi connectivity index (χ3n) is 3.67. The lowest BCUT2D eigenvalue weighted by Gasteiger charge is -2.20. The van der Waals surface area contributed by atoms with Crippen LogP contribution in [0.5, 0.6) is 0 Å². The lowest BCUT2D eigenvalue weighted by Crippen LogP contribution is -2.22. The van der Waals surface area contributed by atoms with Crippen LogP contribution < -0.4 is 10.6 Å². The minimum atomic E-state index is -0.188. The van der Waals surface area contributed by atoms with Crippen molar-refractivity contribution in [1.29, 1.82) is 0 Å². The molecule has 2 aromatic carbocycles. The molecule has 1 heterocycles. The average Bonchev–Trinajstić information content (AvgIpc) is 2.73. The maximum absolute atomic E-state index is 12.6. The third kappa shape index (κ3) is 1.92. The van der Waals surface area contributed by atoms with Gasteiger partial charge in [-0.2, -0.15) is 0 Å². The first-order chi connectivity index (χ1) is 10.0. The van der Waals surface area contributed by atoms with Gasteiger partial charge in [-0.15, -0.1) is 0 Å². The fourth-order valence-electron chi connectivity index (χ4n) is 2.55. The summed E-state index contributed by atoms with van der Waals surface area (Å²) in [5, 5.41) is 0. The second-order valence-corrected chi connectivity index (χ2v) is 5.06. The summed E-state index contributed by atoms with van der Waals surface area (Å²) >= 11 is 0. The summed E-state index contributed by atoms with van der Waals surface area (Å²) < 4.78 is 0. The first-order valence-electron chi connectivity index (χ1n) is 6.52. The first kappa shape index (κ1) is 13.1. The fraction of sp³-hybridized carbons (Fsp3) is 0.0588. The van der Waals surface area contributed by atoms with E-state index >= 15 is 0 Å². The average molecular weight is 278 g/mol. The highest BCUT2D eigenvalue weighted by molar-refractivity contribution is 6.22. The molecule has 0 radical (unpaired) electrons. The number of amides is 1. The van der Waals surface area contributed by atoms with E-state index < -0.39 is 0 Å². The molecular weight excluding hydrogens is 264 g/mol. The Morgan fingerprint density at radius 3 is 2.62 bits per heavy atom. The van der Waals surface area contributed by atoms with Crippen LogP contribution in [0.2, 0.25) is 0 Å². The van der Waals surface area contributed by atoms with E-state index in [1.165, 1.54) is 0 Å². The van der Waals surface area contributed by atoms with Crippen LogP contribution in [0.1, 0.15) is 31.8 Å². The van der Waals surface area contributed by atoms with Crippen molar-refractivity contribution in [2.75, 3.05) is 10.6 Å². The van der Waals surface area contributed by atoms with Crippen LogP contribution in [0.4, 0.5) is 11.4 Å². The second-order valence-electron chi connectivity index (χ2n) is 5.06. The summed E-state index contributed by atoms with van der Waals surface area (Å²) in [6.07, 6.45) is 0.727. The summed E-state index contributed by atoms with van der Waals surface area (Å²) in [5.41, 5.74) is 10.4. The van der Waals surface area contributed by atoms with E-state index in [1.807, 2.05) is 13.0 Å². The Morgan fingerprint density at radius 2 is 1.90 bits per heavy atom. The molecule has 2 aromatic rings. The Hall–Kier alpha value is -2.88. The Labute approximate surface area is 122 Å². The van der Waals surface area contributed by atoms with E-state index in [4.69, 9.17) is 5.73 Å². The molecule has 104 valence electrons. The quantitative estimate of drug-likeness (QED) is 0.678. The molecule has 0 saturated carbocycles. The normalized spacial score (nSPS) is 13.5. The van der Waals surface area contributed by atoms with E-state index in [2.05, 4.69) is 6.58 Å². The number of nitrogens with zero attached hydrogens (tertiary/aromatic N) is 1. The molecule has 1 amide bonds. The number of aryl methyl sites for hydroxylation is 1. The van der Waals surface area contributed by atoms with Crippen molar-refractivity contribution in [3.8, 4) is 0 Å². The van der Waals surface area contributed by atoms with Gasteiger partial charge in [-0.25, -0.2) is 0 Å². The molecule has 4 nitrogen and oxygen atoms in total. The molecule has 0 aliphatic carbocycles. The molecule has 1 aliphatic rings. The molecule has 3 rings (SSSR count). The Morgan fingerprint density at radius 1 is 1.14 bits per heavy atom. The van der Waals surface area contributed by atoms with Gasteiger partial charge >= 0.3 is 0 Å². The summed E-state index contributed by atoms with van der Waals surface area (Å²) in [7, 11) is 0. The summed E-state index contributed by atoms with van der Waals surface area (Å²) in [5.74, 6) is -0.188. The van der Waals surface area contributed by atoms with E-state index in [1.54, 1.807) is 35.2 Å². The van der Waals surface area contributed by atoms with Crippen LogP contribution >= 0.6 is 0 Å². The molecule has 0 atom stereocenters. The molecule has 0 unspecified atom stereocenters. The highest BCUT2D eigenvalue weighted by Gasteiger charge is 2.33. The summed E-state index contributed by atoms with van der Waals surface area (Å²) in [6, 6.07) is 10.4. The largest absolute Gasteiger partial charge is 0.399 e. The first-order valence-corrected chi connectivity index (χ1v) is 6.52. The highest BCUT2D eigenvalue weighted by Crippen LogP contribution is 2.38. The SMILES string of the molecule is C=C1c2ccc(C=O)cc2C(=O)N1c1cc(N)ccc1C. The molecule has 1 aliphatic heterocycles. The van der Waals surface area contributed by atoms with Crippen molar-refractivity contribution in [1.82, 2.24) is 0 Å². The highest BCUT2D eigenvalue weighted by atomic mass is 16.2. The second kappa shape index (κ2) is 4.59. The van der Waals surface area contributed by atoms with Crippen LogP contribution in [0.25, 0.3) is 5.70 Å². The number of nitrogen functional groups attached to an aromatic ring is 1. The van der Waals surface area contributed by atoms with Gasteiger partial charge in [-0.1, -0.05) is 24.8 Å². The zero-order valence-corrected chi connectivity index (χ0v) is 11.6. The van der Waals surface area contributed by atoms with Gasteiger partial charge < -0.3 is 5.73 Å². The number of nitrogens with two attached hydrogens (primary N) is 1. The molecule has 4 heteroatoms. The van der Waals surface area contributed by atoms with Gasteiger partial charge in [0.25, 0.3) is 5.91 Å². The van der Waals surface area contributed by atoms with Crippen molar-refractivity contribution in [2.45, 2.75) is 6.92 Å². The van der Waals surface area contributed by atoms with Crippen molar-refractivity contribution < 1.29 is 9.59 Å². The summed E-state index contributed by atoms with van der Waals surface area (Å²) in [4.78, 5) is 25.1. The maximum atomic E-state index is 12.6. The van der Waals surface area contributed by atoms with Gasteiger partial charge in [0.15, 0.2) is 0 Å². The number of aldehydes is 1. The predicted molar refractivity (Wildman–Crippen MR) is 83.3 cm³/mol. The lowest BCUT2D eigenvalue weighted by atomic mass is 10.1. The van der Waals surface area contributed by atoms with Gasteiger partial charge in [0.1, 0.15) is 6.29 Å². The maximum Gasteiger partial charge on any atom is 0.263 e. The Balaban J connectivity index is 2.15. The monoisotopic (exact) mass is 278 g/mol. The van der Waals surface area contributed by atoms with E-state index in [9.17, 15) is 9.59 Å². The van der Waals surface area contributed by atoms with Crippen LogP contribution in [0, 0.1) is 6.92 Å². The van der Waals surface area contributed by atoms with E-state index in [0.29, 0.717) is 28.2 Å². The molecule has 21 heavy (non-hydrogen) atoms. The minimum Gasteiger partial charge on any atom is -0.399 e. The fourth-order valence-corrected chi connectivity index (χ4v) is 2.55. The van der Waals surface area contributed by atoms with Crippen molar-refractivity contribution in [3.63, 3.8) is 0 Å². The standard InChI is InChI=1S/C17H14N2O2/c1-10-3-5-13(18)8-16(10)19-11(2)14-6-4-12(9-20)7-15(14)17(19)21/h3-9H,2,18H2,1H3. The number of carbonyl (C=O) groups excluding carboxylic acids is 2. The van der Waals surface area contributed by atoms with Crippen LogP contribution in [0.15, 0.2) is 43.0 Å². The third-order valence-corrected chi connectivity index (χ3v) is 3.67. The Bertz CT molecular complexity index is 793. The molecule has 0 aromatic heterocycles. The number of benzene rings is 2. The van der Waals surface area contributed by atoms with Gasteiger partial charge in [0.2, 0.25) is 0 Å². The van der Waals surface area contributed by atoms with Gasteiger partial charge in [-0.05, 0) is 30.7 Å². The van der Waals surface area contributed by atoms with E-state index in [0.717, 1.165) is 17.4 Å². The number of anilines is 2. The van der Waals surface area contributed by atoms with Gasteiger partial charge in [0, 0.05) is 16.8 Å². The zero-order valence-electron chi connectivity index (χ0n) is 11.6. The minimum absolute atomic E-state index is 0.188. The number of carbonyl (C=O) groups is 2. The molecular formula is C17H14N2O2. The van der Waals surface area contributed by atoms with Gasteiger partial charge in [0.05, 0.1) is 16.9 Å². The lowest BCUT2D eigenvalue weighted by molar-refractivity contribution is 0.101. The molecule has 0 spiro atoms.